The Bertz CT molecular complexity index is 761. The Morgan fingerprint density at radius 1 is 0.950 bits per heavy atom. The Hall–Kier alpha value is -2.13. The van der Waals surface area contributed by atoms with Gasteiger partial charge in [0, 0.05) is 0 Å². The monoisotopic (exact) mass is 266 g/mol. The normalized spacial score (nSPS) is 21.7. The quantitative estimate of drug-likeness (QED) is 0.859. The van der Waals surface area contributed by atoms with Crippen LogP contribution in [0.1, 0.15) is 55.9 Å². The third-order valence-electron chi connectivity index (χ3n) is 4.44. The first kappa shape index (κ1) is 11.7. The number of rotatable bonds is 1. The molecule has 3 nitrogen and oxygen atoms in total. The highest BCUT2D eigenvalue weighted by atomic mass is 16.5. The summed E-state index contributed by atoms with van der Waals surface area (Å²) in [6.07, 6.45) is -0.143. The maximum atomic E-state index is 11.1. The predicted octanol–water partition coefficient (Wildman–Crippen LogP) is 3.52. The van der Waals surface area contributed by atoms with Gasteiger partial charge in [0.05, 0.1) is 5.56 Å². The number of carbonyl (C=O) groups is 1. The van der Waals surface area contributed by atoms with Crippen LogP contribution < -0.4 is 0 Å². The van der Waals surface area contributed by atoms with E-state index in [0.29, 0.717) is 5.56 Å². The molecule has 2 aliphatic heterocycles. The van der Waals surface area contributed by atoms with E-state index in [2.05, 4.69) is 26.0 Å². The maximum Gasteiger partial charge on any atom is 0.335 e. The van der Waals surface area contributed by atoms with Gasteiger partial charge in [0.1, 0.15) is 12.2 Å². The van der Waals surface area contributed by atoms with Gasteiger partial charge in [0.2, 0.25) is 0 Å². The predicted molar refractivity (Wildman–Crippen MR) is 74.1 cm³/mol. The summed E-state index contributed by atoms with van der Waals surface area (Å²) in [5.74, 6) is -0.893. The van der Waals surface area contributed by atoms with Crippen molar-refractivity contribution in [1.82, 2.24) is 0 Å². The summed E-state index contributed by atoms with van der Waals surface area (Å²) < 4.78 is 6.06. The number of benzene rings is 2. The van der Waals surface area contributed by atoms with Gasteiger partial charge in [-0.2, -0.15) is 0 Å². The number of aryl methyl sites for hydroxylation is 2. The smallest absolute Gasteiger partial charge is 0.335 e. The van der Waals surface area contributed by atoms with E-state index in [1.165, 1.54) is 22.3 Å². The fraction of sp³-hybridized carbons (Fsp3) is 0.235. The van der Waals surface area contributed by atoms with Gasteiger partial charge in [0.25, 0.3) is 0 Å². The Morgan fingerprint density at radius 2 is 1.50 bits per heavy atom. The number of carboxylic acid groups (broad SMARTS) is 1. The molecule has 2 aromatic rings. The molecule has 2 atom stereocenters. The summed E-state index contributed by atoms with van der Waals surface area (Å²) in [5, 5.41) is 9.12. The Balaban J connectivity index is 1.91. The molecule has 2 unspecified atom stereocenters. The van der Waals surface area contributed by atoms with Gasteiger partial charge in [-0.05, 0) is 59.4 Å². The van der Waals surface area contributed by atoms with E-state index in [9.17, 15) is 4.79 Å². The number of aromatic carboxylic acids is 1. The lowest BCUT2D eigenvalue weighted by molar-refractivity contribution is 0.0696. The zero-order valence-electron chi connectivity index (χ0n) is 11.3. The Morgan fingerprint density at radius 3 is 2.10 bits per heavy atom. The molecular weight excluding hydrogens is 252 g/mol. The summed E-state index contributed by atoms with van der Waals surface area (Å²) in [6.45, 7) is 4.20. The minimum atomic E-state index is -0.893. The van der Waals surface area contributed by atoms with E-state index < -0.39 is 5.97 Å². The summed E-state index contributed by atoms with van der Waals surface area (Å²) >= 11 is 0. The average molecular weight is 266 g/mol. The third-order valence-corrected chi connectivity index (χ3v) is 4.44. The lowest BCUT2D eigenvalue weighted by Gasteiger charge is -2.17. The van der Waals surface area contributed by atoms with E-state index in [1.807, 2.05) is 6.07 Å². The molecule has 0 amide bonds. The van der Waals surface area contributed by atoms with Crippen LogP contribution in [0.4, 0.5) is 0 Å². The van der Waals surface area contributed by atoms with Crippen molar-refractivity contribution in [3.8, 4) is 0 Å². The van der Waals surface area contributed by atoms with Crippen LogP contribution in [0.25, 0.3) is 0 Å². The molecule has 0 aliphatic carbocycles. The van der Waals surface area contributed by atoms with Crippen LogP contribution in [-0.4, -0.2) is 11.1 Å². The molecule has 0 saturated carbocycles. The van der Waals surface area contributed by atoms with E-state index in [4.69, 9.17) is 9.84 Å². The van der Waals surface area contributed by atoms with Gasteiger partial charge in [0.15, 0.2) is 0 Å². The molecule has 2 aliphatic rings. The zero-order chi connectivity index (χ0) is 14.0. The largest absolute Gasteiger partial charge is 0.478 e. The molecule has 0 fully saturated rings. The van der Waals surface area contributed by atoms with Crippen LogP contribution in [0.3, 0.4) is 0 Å². The van der Waals surface area contributed by atoms with Crippen molar-refractivity contribution in [3.63, 3.8) is 0 Å². The fourth-order valence-corrected chi connectivity index (χ4v) is 3.25. The molecule has 20 heavy (non-hydrogen) atoms. The summed E-state index contributed by atoms with van der Waals surface area (Å²) in [5.41, 5.74) is 7.37. The van der Waals surface area contributed by atoms with Crippen molar-refractivity contribution in [2.24, 2.45) is 0 Å². The first-order valence-corrected chi connectivity index (χ1v) is 6.70. The molecule has 3 heteroatoms. The van der Waals surface area contributed by atoms with E-state index in [1.54, 1.807) is 12.1 Å². The highest BCUT2D eigenvalue weighted by Gasteiger charge is 2.43. The molecule has 1 N–H and O–H groups in total. The lowest BCUT2D eigenvalue weighted by Crippen LogP contribution is -2.06. The van der Waals surface area contributed by atoms with E-state index in [0.717, 1.165) is 11.1 Å². The van der Waals surface area contributed by atoms with Gasteiger partial charge in [-0.3, -0.25) is 0 Å². The number of hydrogen-bond donors (Lipinski definition) is 1. The Kier molecular flexibility index (Phi) is 2.16. The van der Waals surface area contributed by atoms with Gasteiger partial charge in [-0.1, -0.05) is 18.2 Å². The molecule has 0 saturated heterocycles. The van der Waals surface area contributed by atoms with Gasteiger partial charge >= 0.3 is 5.97 Å². The van der Waals surface area contributed by atoms with Crippen LogP contribution in [0.15, 0.2) is 30.3 Å². The topological polar surface area (TPSA) is 46.5 Å². The van der Waals surface area contributed by atoms with Crippen molar-refractivity contribution in [3.05, 3.63) is 69.3 Å². The van der Waals surface area contributed by atoms with Gasteiger partial charge in [-0.15, -0.1) is 0 Å². The second-order valence-electron chi connectivity index (χ2n) is 5.61. The first-order chi connectivity index (χ1) is 9.56. The van der Waals surface area contributed by atoms with Crippen LogP contribution in [0.2, 0.25) is 0 Å². The van der Waals surface area contributed by atoms with Crippen LogP contribution >= 0.6 is 0 Å². The molecule has 4 rings (SSSR count). The highest BCUT2D eigenvalue weighted by Crippen LogP contribution is 2.54. The summed E-state index contributed by atoms with van der Waals surface area (Å²) in [7, 11) is 0. The van der Waals surface area contributed by atoms with Gasteiger partial charge < -0.3 is 9.84 Å². The molecule has 2 aromatic carbocycles. The SMILES string of the molecule is Cc1cc2c(cc1C)C1OC2c2ccc(C(=O)O)cc21. The number of carboxylic acids is 1. The molecule has 2 bridgehead atoms. The van der Waals surface area contributed by atoms with Crippen molar-refractivity contribution in [1.29, 1.82) is 0 Å². The molecule has 100 valence electrons. The van der Waals surface area contributed by atoms with Crippen molar-refractivity contribution < 1.29 is 14.6 Å². The first-order valence-electron chi connectivity index (χ1n) is 6.70. The molecular formula is C17H14O3. The van der Waals surface area contributed by atoms with Crippen molar-refractivity contribution in [2.45, 2.75) is 26.1 Å². The third kappa shape index (κ3) is 1.36. The molecule has 2 heterocycles. The molecule has 0 radical (unpaired) electrons. The second-order valence-corrected chi connectivity index (χ2v) is 5.61. The summed E-state index contributed by atoms with van der Waals surface area (Å²) in [6, 6.07) is 9.67. The van der Waals surface area contributed by atoms with Crippen LogP contribution in [0.5, 0.6) is 0 Å². The van der Waals surface area contributed by atoms with E-state index >= 15 is 0 Å². The van der Waals surface area contributed by atoms with Crippen LogP contribution in [0, 0.1) is 13.8 Å². The number of hydrogen-bond acceptors (Lipinski definition) is 2. The summed E-state index contributed by atoms with van der Waals surface area (Å²) in [4.78, 5) is 11.1. The standard InChI is InChI=1S/C17H14O3/c1-8-5-12-13(6-9(8)2)16-14-7-10(17(18)19)3-4-11(14)15(12)20-16/h3-7,15-16H,1-2H3,(H,18,19). The fourth-order valence-electron chi connectivity index (χ4n) is 3.25. The van der Waals surface area contributed by atoms with Gasteiger partial charge in [-0.25, -0.2) is 4.79 Å². The number of fused-ring (bicyclic) bond motifs is 8. The Labute approximate surface area is 116 Å². The second kappa shape index (κ2) is 3.70. The van der Waals surface area contributed by atoms with Crippen molar-refractivity contribution in [2.75, 3.05) is 0 Å². The number of ether oxygens (including phenoxy) is 1. The maximum absolute atomic E-state index is 11.1. The van der Waals surface area contributed by atoms with Crippen LogP contribution in [-0.2, 0) is 4.74 Å². The zero-order valence-corrected chi connectivity index (χ0v) is 11.3. The van der Waals surface area contributed by atoms with Crippen molar-refractivity contribution >= 4 is 5.97 Å². The highest BCUT2D eigenvalue weighted by molar-refractivity contribution is 5.88. The average Bonchev–Trinajstić information content (AvgIpc) is 2.95. The minimum absolute atomic E-state index is 0.0351. The minimum Gasteiger partial charge on any atom is -0.478 e. The van der Waals surface area contributed by atoms with E-state index in [-0.39, 0.29) is 12.2 Å². The molecule has 0 aromatic heterocycles. The lowest BCUT2D eigenvalue weighted by atomic mass is 9.83. The molecule has 0 spiro atoms.